The number of pyridine rings is 1. The Morgan fingerprint density at radius 2 is 2.31 bits per heavy atom. The third kappa shape index (κ3) is 2.77. The summed E-state index contributed by atoms with van der Waals surface area (Å²) in [5.41, 5.74) is 1.61. The van der Waals surface area contributed by atoms with E-state index in [2.05, 4.69) is 20.9 Å². The summed E-state index contributed by atoms with van der Waals surface area (Å²) in [6.07, 6.45) is 2.13. The average Bonchev–Trinajstić information content (AvgIpc) is 2.64. The number of Topliss-reactive ketones (excluding diaryl/α,β-unsaturated/α-hetero) is 1. The highest BCUT2D eigenvalue weighted by atomic mass is 79.9. The van der Waals surface area contributed by atoms with Crippen molar-refractivity contribution in [3.8, 4) is 0 Å². The monoisotopic (exact) mass is 295 g/mol. The molecule has 0 unspecified atom stereocenters. The number of halogens is 1. The van der Waals surface area contributed by atoms with Gasteiger partial charge in [-0.05, 0) is 41.1 Å². The number of aryl methyl sites for hydroxylation is 1. The molecule has 0 atom stereocenters. The summed E-state index contributed by atoms with van der Waals surface area (Å²) < 4.78 is 1.03. The maximum atomic E-state index is 11.9. The van der Waals surface area contributed by atoms with Gasteiger partial charge < -0.3 is 0 Å². The second-order valence-corrected chi connectivity index (χ2v) is 5.43. The fraction of sp³-hybridized carbons (Fsp3) is 0.167. The van der Waals surface area contributed by atoms with Crippen LogP contribution in [0.25, 0.3) is 0 Å². The molecule has 82 valence electrons. The molecule has 0 spiro atoms. The van der Waals surface area contributed by atoms with Gasteiger partial charge in [0.05, 0.1) is 0 Å². The number of nitrogens with zero attached hydrogens (tertiary/aromatic N) is 1. The number of carbonyl (C=O) groups excluding carboxylic acids is 1. The summed E-state index contributed by atoms with van der Waals surface area (Å²) in [4.78, 5) is 17.1. The Labute approximate surface area is 106 Å². The van der Waals surface area contributed by atoms with Gasteiger partial charge in [-0.3, -0.25) is 9.78 Å². The number of hydrogen-bond donors (Lipinski definition) is 0. The van der Waals surface area contributed by atoms with Gasteiger partial charge in [-0.25, -0.2) is 0 Å². The minimum absolute atomic E-state index is 0.139. The van der Waals surface area contributed by atoms with Crippen LogP contribution in [0.5, 0.6) is 0 Å². The molecule has 4 heteroatoms. The molecule has 0 N–H and O–H groups in total. The smallest absolute Gasteiger partial charge is 0.168 e. The number of aromatic nitrogens is 1. The first kappa shape index (κ1) is 11.5. The molecule has 2 aromatic heterocycles. The van der Waals surface area contributed by atoms with E-state index in [0.29, 0.717) is 6.42 Å². The summed E-state index contributed by atoms with van der Waals surface area (Å²) in [7, 11) is 0. The molecule has 0 aromatic carbocycles. The van der Waals surface area contributed by atoms with Crippen LogP contribution < -0.4 is 0 Å². The van der Waals surface area contributed by atoms with Crippen molar-refractivity contribution in [2.75, 3.05) is 0 Å². The first-order valence-corrected chi connectivity index (χ1v) is 6.51. The Morgan fingerprint density at radius 1 is 1.50 bits per heavy atom. The van der Waals surface area contributed by atoms with Gasteiger partial charge in [0.15, 0.2) is 5.78 Å². The number of carbonyl (C=O) groups is 1. The predicted molar refractivity (Wildman–Crippen MR) is 69.0 cm³/mol. The minimum atomic E-state index is 0.139. The maximum Gasteiger partial charge on any atom is 0.168 e. The Bertz CT molecular complexity index is 521. The molecule has 0 aliphatic carbocycles. The van der Waals surface area contributed by atoms with Gasteiger partial charge in [-0.1, -0.05) is 0 Å². The molecule has 0 saturated carbocycles. The van der Waals surface area contributed by atoms with Crippen LogP contribution in [-0.2, 0) is 6.42 Å². The number of ketones is 1. The number of rotatable bonds is 3. The highest BCUT2D eigenvalue weighted by Crippen LogP contribution is 2.21. The van der Waals surface area contributed by atoms with Gasteiger partial charge in [0.1, 0.15) is 0 Å². The van der Waals surface area contributed by atoms with Crippen LogP contribution in [0.15, 0.2) is 34.2 Å². The minimum Gasteiger partial charge on any atom is -0.294 e. The van der Waals surface area contributed by atoms with Crippen molar-refractivity contribution in [1.29, 1.82) is 0 Å². The van der Waals surface area contributed by atoms with Crippen LogP contribution in [0.2, 0.25) is 0 Å². The molecule has 0 bridgehead atoms. The zero-order valence-electron chi connectivity index (χ0n) is 8.74. The van der Waals surface area contributed by atoms with Crippen molar-refractivity contribution in [1.82, 2.24) is 4.98 Å². The molecule has 2 rings (SSSR count). The summed E-state index contributed by atoms with van der Waals surface area (Å²) in [5.74, 6) is 0.139. The molecular formula is C12H10BrNOS. The lowest BCUT2D eigenvalue weighted by molar-refractivity contribution is 0.0993. The van der Waals surface area contributed by atoms with Gasteiger partial charge in [0, 0.05) is 38.6 Å². The third-order valence-corrected chi connectivity index (χ3v) is 3.87. The van der Waals surface area contributed by atoms with E-state index in [-0.39, 0.29) is 5.78 Å². The van der Waals surface area contributed by atoms with Crippen molar-refractivity contribution >= 4 is 33.0 Å². The highest BCUT2D eigenvalue weighted by molar-refractivity contribution is 9.10. The highest BCUT2D eigenvalue weighted by Gasteiger charge is 2.08. The van der Waals surface area contributed by atoms with Crippen LogP contribution in [0.1, 0.15) is 20.9 Å². The molecule has 0 radical (unpaired) electrons. The molecule has 0 aliphatic rings. The standard InChI is InChI=1S/C12H10BrNOS/c1-8-4-9(2-3-14-8)12(15)6-11-5-10(13)7-16-11/h2-5,7H,6H2,1H3. The normalized spacial score (nSPS) is 10.4. The van der Waals surface area contributed by atoms with E-state index < -0.39 is 0 Å². The van der Waals surface area contributed by atoms with Crippen molar-refractivity contribution in [3.63, 3.8) is 0 Å². The molecule has 0 saturated heterocycles. The van der Waals surface area contributed by atoms with Crippen LogP contribution in [0.4, 0.5) is 0 Å². The van der Waals surface area contributed by atoms with E-state index >= 15 is 0 Å². The van der Waals surface area contributed by atoms with E-state index in [1.165, 1.54) is 0 Å². The molecule has 2 nitrogen and oxygen atoms in total. The first-order valence-electron chi connectivity index (χ1n) is 4.84. The van der Waals surface area contributed by atoms with Crippen LogP contribution in [0.3, 0.4) is 0 Å². The van der Waals surface area contributed by atoms with Gasteiger partial charge >= 0.3 is 0 Å². The summed E-state index contributed by atoms with van der Waals surface area (Å²) >= 11 is 4.97. The Balaban J connectivity index is 2.14. The third-order valence-electron chi connectivity index (χ3n) is 2.18. The Kier molecular flexibility index (Phi) is 3.51. The molecule has 2 aromatic rings. The summed E-state index contributed by atoms with van der Waals surface area (Å²) in [6, 6.07) is 5.57. The summed E-state index contributed by atoms with van der Waals surface area (Å²) in [5, 5.41) is 1.99. The zero-order chi connectivity index (χ0) is 11.5. The maximum absolute atomic E-state index is 11.9. The van der Waals surface area contributed by atoms with Crippen LogP contribution in [-0.4, -0.2) is 10.8 Å². The van der Waals surface area contributed by atoms with E-state index in [1.54, 1.807) is 23.6 Å². The van der Waals surface area contributed by atoms with Gasteiger partial charge in [-0.15, -0.1) is 11.3 Å². The topological polar surface area (TPSA) is 30.0 Å². The number of hydrogen-bond acceptors (Lipinski definition) is 3. The lowest BCUT2D eigenvalue weighted by Crippen LogP contribution is -2.02. The number of thiophene rings is 1. The van der Waals surface area contributed by atoms with Crippen molar-refractivity contribution in [2.45, 2.75) is 13.3 Å². The van der Waals surface area contributed by atoms with Crippen LogP contribution >= 0.6 is 27.3 Å². The summed E-state index contributed by atoms with van der Waals surface area (Å²) in [6.45, 7) is 1.89. The van der Waals surface area contributed by atoms with Gasteiger partial charge in [0.2, 0.25) is 0 Å². The quantitative estimate of drug-likeness (QED) is 0.809. The first-order chi connectivity index (χ1) is 7.65. The van der Waals surface area contributed by atoms with E-state index in [1.807, 2.05) is 24.4 Å². The zero-order valence-corrected chi connectivity index (χ0v) is 11.1. The van der Waals surface area contributed by atoms with Crippen LogP contribution in [0, 0.1) is 6.92 Å². The predicted octanol–water partition coefficient (Wildman–Crippen LogP) is 3.64. The second kappa shape index (κ2) is 4.89. The molecule has 0 aliphatic heterocycles. The Hall–Kier alpha value is -1.00. The van der Waals surface area contributed by atoms with Crippen molar-refractivity contribution in [3.05, 3.63) is 50.4 Å². The second-order valence-electron chi connectivity index (χ2n) is 3.52. The average molecular weight is 296 g/mol. The van der Waals surface area contributed by atoms with E-state index in [0.717, 1.165) is 20.6 Å². The lowest BCUT2D eigenvalue weighted by Gasteiger charge is -1.99. The molecule has 2 heterocycles. The van der Waals surface area contributed by atoms with Gasteiger partial charge in [0.25, 0.3) is 0 Å². The van der Waals surface area contributed by atoms with Crippen molar-refractivity contribution in [2.24, 2.45) is 0 Å². The molecule has 16 heavy (non-hydrogen) atoms. The largest absolute Gasteiger partial charge is 0.294 e. The fourth-order valence-corrected chi connectivity index (χ4v) is 2.88. The lowest BCUT2D eigenvalue weighted by atomic mass is 10.1. The van der Waals surface area contributed by atoms with Gasteiger partial charge in [-0.2, -0.15) is 0 Å². The molecular weight excluding hydrogens is 286 g/mol. The molecule has 0 amide bonds. The van der Waals surface area contributed by atoms with E-state index in [4.69, 9.17) is 0 Å². The molecule has 0 fully saturated rings. The van der Waals surface area contributed by atoms with E-state index in [9.17, 15) is 4.79 Å². The Morgan fingerprint density at radius 3 is 2.94 bits per heavy atom. The fourth-order valence-electron chi connectivity index (χ4n) is 1.43. The van der Waals surface area contributed by atoms with Crippen molar-refractivity contribution < 1.29 is 4.79 Å². The SMILES string of the molecule is Cc1cc(C(=O)Cc2cc(Br)cs2)ccn1.